The van der Waals surface area contributed by atoms with Crippen LogP contribution >= 0.6 is 0 Å². The van der Waals surface area contributed by atoms with Crippen molar-refractivity contribution < 1.29 is 19.1 Å². The van der Waals surface area contributed by atoms with Crippen LogP contribution in [-0.4, -0.2) is 38.2 Å². The fourth-order valence-corrected chi connectivity index (χ4v) is 1.96. The molecule has 0 radical (unpaired) electrons. The third-order valence-corrected chi connectivity index (χ3v) is 2.98. The Morgan fingerprint density at radius 3 is 2.80 bits per heavy atom. The zero-order valence-corrected chi connectivity index (χ0v) is 11.6. The Balaban J connectivity index is 2.09. The van der Waals surface area contributed by atoms with Gasteiger partial charge in [0.25, 0.3) is 0 Å². The van der Waals surface area contributed by atoms with Crippen LogP contribution in [0.5, 0.6) is 5.75 Å². The van der Waals surface area contributed by atoms with Crippen molar-refractivity contribution in [3.63, 3.8) is 0 Å². The maximum Gasteiger partial charge on any atom is 0.249 e. The number of carbonyl (C=O) groups excluding carboxylic acids is 2. The van der Waals surface area contributed by atoms with E-state index in [4.69, 9.17) is 9.47 Å². The molecule has 108 valence electrons. The molecule has 1 fully saturated rings. The van der Waals surface area contributed by atoms with Crippen LogP contribution in [0.25, 0.3) is 0 Å². The number of benzene rings is 1. The van der Waals surface area contributed by atoms with Gasteiger partial charge in [-0.05, 0) is 24.6 Å². The fourth-order valence-electron chi connectivity index (χ4n) is 1.96. The van der Waals surface area contributed by atoms with Crippen LogP contribution in [0.3, 0.4) is 0 Å². The van der Waals surface area contributed by atoms with Crippen molar-refractivity contribution in [2.45, 2.75) is 19.4 Å². The molecule has 1 heterocycles. The Kier molecular flexibility index (Phi) is 4.57. The van der Waals surface area contributed by atoms with E-state index in [2.05, 4.69) is 10.6 Å². The summed E-state index contributed by atoms with van der Waals surface area (Å²) in [4.78, 5) is 22.8. The number of anilines is 1. The highest BCUT2D eigenvalue weighted by molar-refractivity contribution is 6.06. The molecule has 0 aromatic heterocycles. The zero-order valence-electron chi connectivity index (χ0n) is 11.6. The van der Waals surface area contributed by atoms with Gasteiger partial charge in [-0.3, -0.25) is 14.9 Å². The average molecular weight is 278 g/mol. The average Bonchev–Trinajstić information content (AvgIpc) is 2.71. The summed E-state index contributed by atoms with van der Waals surface area (Å²) in [6, 6.07) is 5.09. The minimum Gasteiger partial charge on any atom is -0.489 e. The van der Waals surface area contributed by atoms with Crippen LogP contribution < -0.4 is 15.4 Å². The lowest BCUT2D eigenvalue weighted by atomic mass is 10.1. The number of methoxy groups -OCH3 is 1. The molecule has 6 nitrogen and oxygen atoms in total. The Morgan fingerprint density at radius 2 is 2.15 bits per heavy atom. The zero-order chi connectivity index (χ0) is 14.5. The summed E-state index contributed by atoms with van der Waals surface area (Å²) < 4.78 is 10.6. The fraction of sp³-hybridized carbons (Fsp3) is 0.429. The molecular formula is C14H18N2O4. The van der Waals surface area contributed by atoms with Gasteiger partial charge in [-0.2, -0.15) is 0 Å². The molecule has 1 aliphatic rings. The summed E-state index contributed by atoms with van der Waals surface area (Å²) in [5.74, 6) is 0.0779. The van der Waals surface area contributed by atoms with Gasteiger partial charge in [0.05, 0.1) is 18.7 Å². The van der Waals surface area contributed by atoms with Crippen LogP contribution in [0.15, 0.2) is 18.2 Å². The third kappa shape index (κ3) is 3.48. The molecular weight excluding hydrogens is 260 g/mol. The molecule has 0 bridgehead atoms. The number of nitrogens with one attached hydrogen (secondary N) is 2. The highest BCUT2D eigenvalue weighted by Gasteiger charge is 2.30. The van der Waals surface area contributed by atoms with Gasteiger partial charge in [0.1, 0.15) is 18.4 Å². The van der Waals surface area contributed by atoms with E-state index in [1.165, 1.54) is 0 Å². The van der Waals surface area contributed by atoms with E-state index < -0.39 is 6.04 Å². The SMILES string of the molecule is COCCOc1cc(C)ccc1NC1CC(=O)NC1=O. The van der Waals surface area contributed by atoms with Crippen molar-refractivity contribution in [1.29, 1.82) is 0 Å². The lowest BCUT2D eigenvalue weighted by Crippen LogP contribution is -2.30. The van der Waals surface area contributed by atoms with E-state index >= 15 is 0 Å². The number of rotatable bonds is 6. The van der Waals surface area contributed by atoms with Crippen molar-refractivity contribution in [3.8, 4) is 5.75 Å². The molecule has 6 heteroatoms. The van der Waals surface area contributed by atoms with Gasteiger partial charge in [0.15, 0.2) is 0 Å². The van der Waals surface area contributed by atoms with Gasteiger partial charge in [-0.1, -0.05) is 6.07 Å². The molecule has 0 saturated carbocycles. The van der Waals surface area contributed by atoms with Crippen molar-refractivity contribution in [2.75, 3.05) is 25.6 Å². The number of hydrogen-bond acceptors (Lipinski definition) is 5. The molecule has 0 spiro atoms. The molecule has 2 amide bonds. The lowest BCUT2D eigenvalue weighted by Gasteiger charge is -2.16. The molecule has 20 heavy (non-hydrogen) atoms. The Labute approximate surface area is 117 Å². The standard InChI is InChI=1S/C14H18N2O4/c1-9-3-4-10(12(7-9)20-6-5-19-2)15-11-8-13(17)16-14(11)18/h3-4,7,11,15H,5-6,8H2,1-2H3,(H,16,17,18). The van der Waals surface area contributed by atoms with Crippen LogP contribution in [0.1, 0.15) is 12.0 Å². The smallest absolute Gasteiger partial charge is 0.249 e. The van der Waals surface area contributed by atoms with E-state index in [0.29, 0.717) is 24.7 Å². The van der Waals surface area contributed by atoms with Gasteiger partial charge in [-0.15, -0.1) is 0 Å². The topological polar surface area (TPSA) is 76.7 Å². The largest absolute Gasteiger partial charge is 0.489 e. The number of hydrogen-bond donors (Lipinski definition) is 2. The van der Waals surface area contributed by atoms with Crippen molar-refractivity contribution >= 4 is 17.5 Å². The predicted molar refractivity (Wildman–Crippen MR) is 73.7 cm³/mol. The van der Waals surface area contributed by atoms with Crippen LogP contribution in [0, 0.1) is 6.92 Å². The van der Waals surface area contributed by atoms with E-state index in [1.807, 2.05) is 25.1 Å². The summed E-state index contributed by atoms with van der Waals surface area (Å²) in [6.07, 6.45) is 0.143. The van der Waals surface area contributed by atoms with E-state index in [9.17, 15) is 9.59 Å². The lowest BCUT2D eigenvalue weighted by molar-refractivity contribution is -0.124. The number of ether oxygens (including phenoxy) is 2. The maximum absolute atomic E-state index is 11.6. The highest BCUT2D eigenvalue weighted by Crippen LogP contribution is 2.27. The number of carbonyl (C=O) groups is 2. The van der Waals surface area contributed by atoms with Crippen molar-refractivity contribution in [1.82, 2.24) is 5.32 Å². The molecule has 1 aromatic rings. The molecule has 0 aliphatic carbocycles. The van der Waals surface area contributed by atoms with Gasteiger partial charge in [-0.25, -0.2) is 0 Å². The van der Waals surface area contributed by atoms with Gasteiger partial charge >= 0.3 is 0 Å². The normalized spacial score (nSPS) is 18.0. The Hall–Kier alpha value is -2.08. The molecule has 1 aromatic carbocycles. The van der Waals surface area contributed by atoms with Crippen LogP contribution in [0.4, 0.5) is 5.69 Å². The van der Waals surface area contributed by atoms with E-state index in [-0.39, 0.29) is 18.2 Å². The molecule has 1 unspecified atom stereocenters. The van der Waals surface area contributed by atoms with Crippen molar-refractivity contribution in [2.24, 2.45) is 0 Å². The van der Waals surface area contributed by atoms with E-state index in [0.717, 1.165) is 5.56 Å². The molecule has 2 rings (SSSR count). The first-order chi connectivity index (χ1) is 9.60. The number of amides is 2. The minimum absolute atomic E-state index is 0.143. The first-order valence-corrected chi connectivity index (χ1v) is 6.43. The number of imide groups is 1. The van der Waals surface area contributed by atoms with Crippen molar-refractivity contribution in [3.05, 3.63) is 23.8 Å². The third-order valence-electron chi connectivity index (χ3n) is 2.98. The number of aryl methyl sites for hydroxylation is 1. The molecule has 1 saturated heterocycles. The highest BCUT2D eigenvalue weighted by atomic mass is 16.5. The summed E-state index contributed by atoms with van der Waals surface area (Å²) in [5, 5.41) is 5.31. The first kappa shape index (κ1) is 14.3. The second-order valence-electron chi connectivity index (χ2n) is 4.65. The van der Waals surface area contributed by atoms with Gasteiger partial charge in [0.2, 0.25) is 11.8 Å². The van der Waals surface area contributed by atoms with Gasteiger partial charge < -0.3 is 14.8 Å². The Bertz CT molecular complexity index is 516. The summed E-state index contributed by atoms with van der Waals surface area (Å²) in [7, 11) is 1.60. The molecule has 2 N–H and O–H groups in total. The van der Waals surface area contributed by atoms with E-state index in [1.54, 1.807) is 7.11 Å². The van der Waals surface area contributed by atoms with Crippen LogP contribution in [-0.2, 0) is 14.3 Å². The molecule has 1 aliphatic heterocycles. The minimum atomic E-state index is -0.546. The van der Waals surface area contributed by atoms with Crippen LogP contribution in [0.2, 0.25) is 0 Å². The summed E-state index contributed by atoms with van der Waals surface area (Å²) in [5.41, 5.74) is 1.75. The summed E-state index contributed by atoms with van der Waals surface area (Å²) >= 11 is 0. The monoisotopic (exact) mass is 278 g/mol. The van der Waals surface area contributed by atoms with Gasteiger partial charge in [0, 0.05) is 7.11 Å². The summed E-state index contributed by atoms with van der Waals surface area (Å²) in [6.45, 7) is 2.86. The predicted octanol–water partition coefficient (Wildman–Crippen LogP) is 0.847. The first-order valence-electron chi connectivity index (χ1n) is 6.43. The maximum atomic E-state index is 11.6. The molecule has 1 atom stereocenters. The quantitative estimate of drug-likeness (QED) is 0.596. The Morgan fingerprint density at radius 1 is 1.35 bits per heavy atom. The second kappa shape index (κ2) is 6.38. The second-order valence-corrected chi connectivity index (χ2v) is 4.65.